The smallest absolute Gasteiger partial charge is 0.251 e. The number of pyridine rings is 1. The molecule has 1 heterocycles. The molecular formula is C18H21N3O3. The van der Waals surface area contributed by atoms with E-state index in [1.165, 1.54) is 0 Å². The topological polar surface area (TPSA) is 80.3 Å². The van der Waals surface area contributed by atoms with Crippen molar-refractivity contribution in [3.05, 3.63) is 60.4 Å². The zero-order chi connectivity index (χ0) is 17.0. The van der Waals surface area contributed by atoms with Crippen LogP contribution in [-0.2, 0) is 4.79 Å². The van der Waals surface area contributed by atoms with Crippen LogP contribution in [0.2, 0.25) is 0 Å². The number of hydrogen-bond acceptors (Lipinski definition) is 4. The summed E-state index contributed by atoms with van der Waals surface area (Å²) in [5.41, 5.74) is 0.550. The SMILES string of the molecule is O=C(CCCOc1ccccc1)NCCNC(=O)c1ccncc1. The van der Waals surface area contributed by atoms with Crippen LogP contribution in [0.4, 0.5) is 0 Å². The number of benzene rings is 1. The number of amides is 2. The molecule has 0 aliphatic carbocycles. The lowest BCUT2D eigenvalue weighted by Crippen LogP contribution is -2.34. The molecule has 0 aliphatic heterocycles. The molecule has 0 unspecified atom stereocenters. The third-order valence-corrected chi connectivity index (χ3v) is 3.24. The first kappa shape index (κ1) is 17.5. The molecule has 0 saturated carbocycles. The highest BCUT2D eigenvalue weighted by molar-refractivity contribution is 5.93. The van der Waals surface area contributed by atoms with E-state index in [0.717, 1.165) is 5.75 Å². The first-order valence-electron chi connectivity index (χ1n) is 7.88. The van der Waals surface area contributed by atoms with Crippen molar-refractivity contribution in [3.8, 4) is 5.75 Å². The zero-order valence-electron chi connectivity index (χ0n) is 13.4. The van der Waals surface area contributed by atoms with Crippen molar-refractivity contribution in [3.63, 3.8) is 0 Å². The van der Waals surface area contributed by atoms with E-state index in [-0.39, 0.29) is 11.8 Å². The molecule has 0 spiro atoms. The fourth-order valence-corrected chi connectivity index (χ4v) is 2.01. The molecule has 0 saturated heterocycles. The van der Waals surface area contributed by atoms with Gasteiger partial charge in [-0.1, -0.05) is 18.2 Å². The Morgan fingerprint density at radius 1 is 0.958 bits per heavy atom. The summed E-state index contributed by atoms with van der Waals surface area (Å²) in [6, 6.07) is 12.8. The zero-order valence-corrected chi connectivity index (χ0v) is 13.4. The molecule has 0 atom stereocenters. The molecule has 2 aromatic rings. The lowest BCUT2D eigenvalue weighted by atomic mass is 10.2. The normalized spacial score (nSPS) is 10.0. The highest BCUT2D eigenvalue weighted by Crippen LogP contribution is 2.08. The van der Waals surface area contributed by atoms with E-state index in [2.05, 4.69) is 15.6 Å². The van der Waals surface area contributed by atoms with Gasteiger partial charge in [0.2, 0.25) is 5.91 Å². The predicted molar refractivity (Wildman–Crippen MR) is 90.8 cm³/mol. The first-order chi connectivity index (χ1) is 11.8. The molecule has 0 fully saturated rings. The summed E-state index contributed by atoms with van der Waals surface area (Å²) in [5, 5.41) is 5.50. The Hall–Kier alpha value is -2.89. The van der Waals surface area contributed by atoms with Gasteiger partial charge in [0.25, 0.3) is 5.91 Å². The quantitative estimate of drug-likeness (QED) is 0.688. The van der Waals surface area contributed by atoms with Gasteiger partial charge in [-0.2, -0.15) is 0 Å². The Labute approximate surface area is 141 Å². The van der Waals surface area contributed by atoms with E-state index in [1.807, 2.05) is 30.3 Å². The number of para-hydroxylation sites is 1. The summed E-state index contributed by atoms with van der Waals surface area (Å²) in [6.45, 7) is 1.28. The van der Waals surface area contributed by atoms with Crippen LogP contribution in [0.15, 0.2) is 54.9 Å². The third-order valence-electron chi connectivity index (χ3n) is 3.24. The second kappa shape index (κ2) is 9.99. The number of hydrogen-bond donors (Lipinski definition) is 2. The van der Waals surface area contributed by atoms with E-state index >= 15 is 0 Å². The van der Waals surface area contributed by atoms with Crippen molar-refractivity contribution in [2.45, 2.75) is 12.8 Å². The Morgan fingerprint density at radius 3 is 2.42 bits per heavy atom. The minimum atomic E-state index is -0.178. The summed E-state index contributed by atoms with van der Waals surface area (Å²) in [6.07, 6.45) is 4.16. The van der Waals surface area contributed by atoms with Gasteiger partial charge in [0, 0.05) is 37.5 Å². The Kier molecular flexibility index (Phi) is 7.27. The number of carbonyl (C=O) groups excluding carboxylic acids is 2. The van der Waals surface area contributed by atoms with Crippen molar-refractivity contribution >= 4 is 11.8 Å². The van der Waals surface area contributed by atoms with Crippen molar-refractivity contribution in [2.24, 2.45) is 0 Å². The van der Waals surface area contributed by atoms with Gasteiger partial charge in [0.05, 0.1) is 6.61 Å². The van der Waals surface area contributed by atoms with Crippen LogP contribution in [0, 0.1) is 0 Å². The average molecular weight is 327 g/mol. The Bertz CT molecular complexity index is 632. The Balaban J connectivity index is 1.51. The summed E-state index contributed by atoms with van der Waals surface area (Å²) in [7, 11) is 0. The molecule has 0 aliphatic rings. The summed E-state index contributed by atoms with van der Waals surface area (Å²) in [4.78, 5) is 27.3. The molecular weight excluding hydrogens is 306 g/mol. The summed E-state index contributed by atoms with van der Waals surface area (Å²) in [5.74, 6) is 0.574. The largest absolute Gasteiger partial charge is 0.494 e. The maximum Gasteiger partial charge on any atom is 0.251 e. The highest BCUT2D eigenvalue weighted by atomic mass is 16.5. The fraction of sp³-hybridized carbons (Fsp3) is 0.278. The van der Waals surface area contributed by atoms with Crippen molar-refractivity contribution < 1.29 is 14.3 Å². The molecule has 6 heteroatoms. The molecule has 24 heavy (non-hydrogen) atoms. The third kappa shape index (κ3) is 6.48. The summed E-state index contributed by atoms with van der Waals surface area (Å²) >= 11 is 0. The van der Waals surface area contributed by atoms with Gasteiger partial charge in [0.1, 0.15) is 5.75 Å². The Morgan fingerprint density at radius 2 is 1.67 bits per heavy atom. The number of ether oxygens (including phenoxy) is 1. The van der Waals surface area contributed by atoms with Gasteiger partial charge in [-0.05, 0) is 30.7 Å². The van der Waals surface area contributed by atoms with E-state index in [4.69, 9.17) is 4.74 Å². The number of nitrogens with zero attached hydrogens (tertiary/aromatic N) is 1. The second-order valence-corrected chi connectivity index (χ2v) is 5.11. The number of aromatic nitrogens is 1. The molecule has 2 amide bonds. The molecule has 0 radical (unpaired) electrons. The van der Waals surface area contributed by atoms with Gasteiger partial charge in [-0.3, -0.25) is 14.6 Å². The van der Waals surface area contributed by atoms with Gasteiger partial charge in [-0.15, -0.1) is 0 Å². The monoisotopic (exact) mass is 327 g/mol. The van der Waals surface area contributed by atoms with Crippen LogP contribution in [0.3, 0.4) is 0 Å². The van der Waals surface area contributed by atoms with Crippen molar-refractivity contribution in [1.29, 1.82) is 0 Å². The van der Waals surface area contributed by atoms with Crippen LogP contribution in [0.1, 0.15) is 23.2 Å². The van der Waals surface area contributed by atoms with Gasteiger partial charge in [0.15, 0.2) is 0 Å². The predicted octanol–water partition coefficient (Wildman–Crippen LogP) is 1.79. The molecule has 6 nitrogen and oxygen atoms in total. The fourth-order valence-electron chi connectivity index (χ4n) is 2.01. The summed E-state index contributed by atoms with van der Waals surface area (Å²) < 4.78 is 5.52. The van der Waals surface area contributed by atoms with Crippen molar-refractivity contribution in [2.75, 3.05) is 19.7 Å². The van der Waals surface area contributed by atoms with E-state index < -0.39 is 0 Å². The van der Waals surface area contributed by atoms with Crippen LogP contribution >= 0.6 is 0 Å². The highest BCUT2D eigenvalue weighted by Gasteiger charge is 2.04. The van der Waals surface area contributed by atoms with E-state index in [1.54, 1.807) is 24.5 Å². The lowest BCUT2D eigenvalue weighted by molar-refractivity contribution is -0.121. The van der Waals surface area contributed by atoms with Gasteiger partial charge >= 0.3 is 0 Å². The standard InChI is InChI=1S/C18H21N3O3/c22-17(7-4-14-24-16-5-2-1-3-6-16)20-12-13-21-18(23)15-8-10-19-11-9-15/h1-3,5-6,8-11H,4,7,12-14H2,(H,20,22)(H,21,23). The maximum atomic E-state index is 11.8. The van der Waals surface area contributed by atoms with Gasteiger partial charge < -0.3 is 15.4 Å². The lowest BCUT2D eigenvalue weighted by Gasteiger charge is -2.08. The molecule has 0 bridgehead atoms. The van der Waals surface area contributed by atoms with Crippen LogP contribution in [0.25, 0.3) is 0 Å². The molecule has 1 aromatic heterocycles. The van der Waals surface area contributed by atoms with E-state index in [9.17, 15) is 9.59 Å². The molecule has 126 valence electrons. The average Bonchev–Trinajstić information content (AvgIpc) is 2.64. The first-order valence-corrected chi connectivity index (χ1v) is 7.88. The second-order valence-electron chi connectivity index (χ2n) is 5.11. The van der Waals surface area contributed by atoms with Crippen LogP contribution in [0.5, 0.6) is 5.75 Å². The van der Waals surface area contributed by atoms with Crippen LogP contribution < -0.4 is 15.4 Å². The maximum absolute atomic E-state index is 11.8. The van der Waals surface area contributed by atoms with Gasteiger partial charge in [-0.25, -0.2) is 0 Å². The van der Waals surface area contributed by atoms with Crippen LogP contribution in [-0.4, -0.2) is 36.5 Å². The minimum absolute atomic E-state index is 0.0511. The van der Waals surface area contributed by atoms with E-state index in [0.29, 0.717) is 38.1 Å². The number of rotatable bonds is 9. The molecule has 2 N–H and O–H groups in total. The van der Waals surface area contributed by atoms with Crippen molar-refractivity contribution in [1.82, 2.24) is 15.6 Å². The number of carbonyl (C=O) groups is 2. The number of nitrogens with one attached hydrogen (secondary N) is 2. The molecule has 1 aromatic carbocycles. The molecule has 2 rings (SSSR count). The minimum Gasteiger partial charge on any atom is -0.494 e.